The Labute approximate surface area is 83.1 Å². The molecule has 0 amide bonds. The molecule has 0 heterocycles. The smallest absolute Gasteiger partial charge is 0.122 e. The van der Waals surface area contributed by atoms with E-state index < -0.39 is 0 Å². The van der Waals surface area contributed by atoms with Gasteiger partial charge in [-0.2, -0.15) is 0 Å². The second-order valence-corrected chi connectivity index (χ2v) is 3.21. The van der Waals surface area contributed by atoms with Crippen LogP contribution in [0, 0.1) is 6.92 Å². The van der Waals surface area contributed by atoms with Crippen LogP contribution < -0.4 is 4.74 Å². The van der Waals surface area contributed by atoms with Crippen LogP contribution in [0.3, 0.4) is 0 Å². The topological polar surface area (TPSA) is 29.5 Å². The summed E-state index contributed by atoms with van der Waals surface area (Å²) in [5, 5.41) is 9.55. The third kappa shape index (κ3) is 2.36. The maximum Gasteiger partial charge on any atom is 0.122 e. The van der Waals surface area contributed by atoms with Gasteiger partial charge in [0.05, 0.1) is 13.2 Å². The maximum absolute atomic E-state index is 8.96. The van der Waals surface area contributed by atoms with E-state index in [1.807, 2.05) is 13.8 Å². The highest BCUT2D eigenvalue weighted by atomic mass is 35.5. The molecule has 0 aromatic heterocycles. The largest absolute Gasteiger partial charge is 0.494 e. The molecule has 1 aromatic carbocycles. The Balaban J connectivity index is 3.06. The molecule has 0 saturated carbocycles. The highest BCUT2D eigenvalue weighted by Gasteiger charge is 2.05. The van der Waals surface area contributed by atoms with Crippen molar-refractivity contribution in [2.75, 3.05) is 6.61 Å². The summed E-state index contributed by atoms with van der Waals surface area (Å²) in [5.41, 5.74) is 1.69. The van der Waals surface area contributed by atoms with Crippen molar-refractivity contribution in [3.63, 3.8) is 0 Å². The molecule has 0 aliphatic carbocycles. The molecule has 0 unspecified atom stereocenters. The Bertz CT molecular complexity index is 297. The fourth-order valence-electron chi connectivity index (χ4n) is 1.13. The zero-order valence-corrected chi connectivity index (χ0v) is 8.56. The minimum atomic E-state index is -0.0564. The number of aliphatic hydroxyl groups excluding tert-OH is 1. The van der Waals surface area contributed by atoms with Crippen LogP contribution in [0.2, 0.25) is 5.02 Å². The molecule has 0 saturated heterocycles. The van der Waals surface area contributed by atoms with Crippen LogP contribution in [0.4, 0.5) is 0 Å². The summed E-state index contributed by atoms with van der Waals surface area (Å²) >= 11 is 5.89. The number of benzene rings is 1. The molecule has 1 N–H and O–H groups in total. The highest BCUT2D eigenvalue weighted by Crippen LogP contribution is 2.26. The Kier molecular flexibility index (Phi) is 3.58. The molecule has 13 heavy (non-hydrogen) atoms. The first-order valence-corrected chi connectivity index (χ1v) is 4.59. The van der Waals surface area contributed by atoms with Gasteiger partial charge in [0, 0.05) is 5.02 Å². The molecule has 2 nitrogen and oxygen atoms in total. The summed E-state index contributed by atoms with van der Waals surface area (Å²) in [6.45, 7) is 4.41. The summed E-state index contributed by atoms with van der Waals surface area (Å²) in [4.78, 5) is 0. The van der Waals surface area contributed by atoms with Crippen molar-refractivity contribution in [3.05, 3.63) is 28.3 Å². The lowest BCUT2D eigenvalue weighted by Gasteiger charge is -2.09. The molecule has 0 atom stereocenters. The van der Waals surface area contributed by atoms with Gasteiger partial charge in [0.25, 0.3) is 0 Å². The van der Waals surface area contributed by atoms with E-state index in [-0.39, 0.29) is 6.61 Å². The van der Waals surface area contributed by atoms with Crippen molar-refractivity contribution in [1.29, 1.82) is 0 Å². The van der Waals surface area contributed by atoms with Crippen LogP contribution in [-0.2, 0) is 6.61 Å². The van der Waals surface area contributed by atoms with E-state index in [1.165, 1.54) is 0 Å². The van der Waals surface area contributed by atoms with Gasteiger partial charge in [-0.05, 0) is 37.1 Å². The van der Waals surface area contributed by atoms with E-state index >= 15 is 0 Å². The number of halogens is 1. The number of aliphatic hydroxyl groups is 1. The Hall–Kier alpha value is -0.730. The number of hydrogen-bond donors (Lipinski definition) is 1. The van der Waals surface area contributed by atoms with Gasteiger partial charge in [0.1, 0.15) is 5.75 Å². The third-order valence-corrected chi connectivity index (χ3v) is 2.17. The maximum atomic E-state index is 8.96. The minimum absolute atomic E-state index is 0.0564. The molecule has 0 bridgehead atoms. The molecule has 1 rings (SSSR count). The van der Waals surface area contributed by atoms with Crippen molar-refractivity contribution < 1.29 is 9.84 Å². The Morgan fingerprint density at radius 2 is 2.15 bits per heavy atom. The molecule has 0 aliphatic rings. The lowest BCUT2D eigenvalue weighted by atomic mass is 10.1. The van der Waals surface area contributed by atoms with Crippen molar-refractivity contribution in [3.8, 4) is 5.75 Å². The summed E-state index contributed by atoms with van der Waals surface area (Å²) in [6.07, 6.45) is 0. The second kappa shape index (κ2) is 4.49. The van der Waals surface area contributed by atoms with E-state index in [0.29, 0.717) is 17.2 Å². The van der Waals surface area contributed by atoms with Crippen molar-refractivity contribution in [2.24, 2.45) is 0 Å². The summed E-state index contributed by atoms with van der Waals surface area (Å²) < 4.78 is 5.36. The second-order valence-electron chi connectivity index (χ2n) is 2.80. The molecule has 0 spiro atoms. The third-order valence-electron chi connectivity index (χ3n) is 1.81. The van der Waals surface area contributed by atoms with Crippen molar-refractivity contribution >= 4 is 11.6 Å². The predicted molar refractivity (Wildman–Crippen MR) is 53.3 cm³/mol. The van der Waals surface area contributed by atoms with Gasteiger partial charge in [-0.3, -0.25) is 0 Å². The quantitative estimate of drug-likeness (QED) is 0.813. The molecule has 72 valence electrons. The van der Waals surface area contributed by atoms with Crippen LogP contribution in [0.5, 0.6) is 5.75 Å². The van der Waals surface area contributed by atoms with Gasteiger partial charge < -0.3 is 9.84 Å². The zero-order chi connectivity index (χ0) is 9.84. The monoisotopic (exact) mass is 200 g/mol. The molecule has 0 fully saturated rings. The number of hydrogen-bond acceptors (Lipinski definition) is 2. The zero-order valence-electron chi connectivity index (χ0n) is 7.80. The average Bonchev–Trinajstić information content (AvgIpc) is 2.10. The van der Waals surface area contributed by atoms with Gasteiger partial charge in [-0.25, -0.2) is 0 Å². The Morgan fingerprint density at radius 1 is 1.46 bits per heavy atom. The van der Waals surface area contributed by atoms with Crippen LogP contribution in [0.25, 0.3) is 0 Å². The number of rotatable bonds is 3. The standard InChI is InChI=1S/C10H13ClO2/c1-3-13-10-5-8(6-12)9(11)4-7(10)2/h4-5,12H,3,6H2,1-2H3. The summed E-state index contributed by atoms with van der Waals surface area (Å²) in [5.74, 6) is 0.788. The first-order chi connectivity index (χ1) is 6.19. The lowest BCUT2D eigenvalue weighted by Crippen LogP contribution is -1.96. The molecule has 0 radical (unpaired) electrons. The molecule has 0 aliphatic heterocycles. The van der Waals surface area contributed by atoms with Crippen LogP contribution in [0.1, 0.15) is 18.1 Å². The normalized spacial score (nSPS) is 10.2. The van der Waals surface area contributed by atoms with E-state index in [1.54, 1.807) is 12.1 Å². The van der Waals surface area contributed by atoms with E-state index in [0.717, 1.165) is 11.3 Å². The highest BCUT2D eigenvalue weighted by molar-refractivity contribution is 6.31. The number of aryl methyl sites for hydroxylation is 1. The molecular weight excluding hydrogens is 188 g/mol. The molecule has 3 heteroatoms. The predicted octanol–water partition coefficient (Wildman–Crippen LogP) is 2.54. The molecular formula is C10H13ClO2. The lowest BCUT2D eigenvalue weighted by molar-refractivity contribution is 0.280. The van der Waals surface area contributed by atoms with E-state index in [9.17, 15) is 0 Å². The fourth-order valence-corrected chi connectivity index (χ4v) is 1.41. The van der Waals surface area contributed by atoms with Crippen LogP contribution in [-0.4, -0.2) is 11.7 Å². The van der Waals surface area contributed by atoms with E-state index in [2.05, 4.69) is 0 Å². The van der Waals surface area contributed by atoms with Gasteiger partial charge >= 0.3 is 0 Å². The summed E-state index contributed by atoms with van der Waals surface area (Å²) in [6, 6.07) is 3.58. The van der Waals surface area contributed by atoms with Crippen molar-refractivity contribution in [1.82, 2.24) is 0 Å². The average molecular weight is 201 g/mol. The van der Waals surface area contributed by atoms with Gasteiger partial charge in [-0.1, -0.05) is 11.6 Å². The van der Waals surface area contributed by atoms with Crippen molar-refractivity contribution in [2.45, 2.75) is 20.5 Å². The fraction of sp³-hybridized carbons (Fsp3) is 0.400. The minimum Gasteiger partial charge on any atom is -0.494 e. The van der Waals surface area contributed by atoms with Crippen LogP contribution in [0.15, 0.2) is 12.1 Å². The number of ether oxygens (including phenoxy) is 1. The first kappa shape index (κ1) is 10.4. The Morgan fingerprint density at radius 3 is 2.69 bits per heavy atom. The van der Waals surface area contributed by atoms with Gasteiger partial charge in [0.15, 0.2) is 0 Å². The van der Waals surface area contributed by atoms with Crippen LogP contribution >= 0.6 is 11.6 Å². The van der Waals surface area contributed by atoms with Gasteiger partial charge in [0.2, 0.25) is 0 Å². The van der Waals surface area contributed by atoms with E-state index in [4.69, 9.17) is 21.4 Å². The SMILES string of the molecule is CCOc1cc(CO)c(Cl)cc1C. The molecule has 1 aromatic rings. The summed E-state index contributed by atoms with van der Waals surface area (Å²) in [7, 11) is 0. The van der Waals surface area contributed by atoms with Gasteiger partial charge in [-0.15, -0.1) is 0 Å². The first-order valence-electron chi connectivity index (χ1n) is 4.21.